The van der Waals surface area contributed by atoms with Crippen LogP contribution in [0.2, 0.25) is 0 Å². The molecule has 1 aromatic heterocycles. The fourth-order valence-corrected chi connectivity index (χ4v) is 2.32. The molecule has 1 aliphatic carbocycles. The zero-order valence-electron chi connectivity index (χ0n) is 11.5. The summed E-state index contributed by atoms with van der Waals surface area (Å²) in [5, 5.41) is 10.0. The zero-order valence-corrected chi connectivity index (χ0v) is 11.5. The van der Waals surface area contributed by atoms with Gasteiger partial charge in [-0.2, -0.15) is 0 Å². The SMILES string of the molecule is OC(c1ccc(OCCCc2cnc[nH]2)cc1)C1CC1. The van der Waals surface area contributed by atoms with Crippen LogP contribution in [0.15, 0.2) is 36.8 Å². The maximum absolute atomic E-state index is 10.0. The Hall–Kier alpha value is -1.81. The topological polar surface area (TPSA) is 58.1 Å². The number of benzene rings is 1. The van der Waals surface area contributed by atoms with Gasteiger partial charge in [0.1, 0.15) is 5.75 Å². The average molecular weight is 272 g/mol. The Labute approximate surface area is 118 Å². The molecule has 0 amide bonds. The van der Waals surface area contributed by atoms with Crippen LogP contribution in [0.25, 0.3) is 0 Å². The number of aliphatic hydroxyl groups excluding tert-OH is 1. The largest absolute Gasteiger partial charge is 0.494 e. The molecule has 1 saturated carbocycles. The molecule has 0 bridgehead atoms. The first-order valence-corrected chi connectivity index (χ1v) is 7.21. The first-order chi connectivity index (χ1) is 9.83. The van der Waals surface area contributed by atoms with E-state index in [0.717, 1.165) is 42.7 Å². The summed E-state index contributed by atoms with van der Waals surface area (Å²) in [6.07, 6.45) is 7.42. The lowest BCUT2D eigenvalue weighted by Gasteiger charge is -2.11. The molecule has 0 aliphatic heterocycles. The number of nitrogens with zero attached hydrogens (tertiary/aromatic N) is 1. The van der Waals surface area contributed by atoms with E-state index in [9.17, 15) is 5.11 Å². The Balaban J connectivity index is 1.43. The van der Waals surface area contributed by atoms with E-state index < -0.39 is 0 Å². The average Bonchev–Trinajstić information content (AvgIpc) is 3.21. The highest BCUT2D eigenvalue weighted by Gasteiger charge is 2.30. The summed E-state index contributed by atoms with van der Waals surface area (Å²) < 4.78 is 5.70. The van der Waals surface area contributed by atoms with Crippen LogP contribution in [-0.2, 0) is 6.42 Å². The van der Waals surface area contributed by atoms with Crippen molar-refractivity contribution in [2.45, 2.75) is 31.8 Å². The monoisotopic (exact) mass is 272 g/mol. The van der Waals surface area contributed by atoms with Gasteiger partial charge in [0.25, 0.3) is 0 Å². The Morgan fingerprint density at radius 1 is 1.30 bits per heavy atom. The number of rotatable bonds is 7. The number of nitrogens with one attached hydrogen (secondary N) is 1. The van der Waals surface area contributed by atoms with Gasteiger partial charge in [0.2, 0.25) is 0 Å². The normalized spacial score (nSPS) is 16.1. The minimum absolute atomic E-state index is 0.301. The lowest BCUT2D eigenvalue weighted by molar-refractivity contribution is 0.153. The molecule has 2 N–H and O–H groups in total. The summed E-state index contributed by atoms with van der Waals surface area (Å²) in [6.45, 7) is 0.684. The predicted molar refractivity (Wildman–Crippen MR) is 76.5 cm³/mol. The Kier molecular flexibility index (Phi) is 4.02. The number of aryl methyl sites for hydroxylation is 1. The second-order valence-electron chi connectivity index (χ2n) is 5.38. The van der Waals surface area contributed by atoms with Crippen LogP contribution in [-0.4, -0.2) is 21.7 Å². The van der Waals surface area contributed by atoms with Crippen molar-refractivity contribution >= 4 is 0 Å². The molecule has 4 nitrogen and oxygen atoms in total. The zero-order chi connectivity index (χ0) is 13.8. The van der Waals surface area contributed by atoms with Crippen molar-refractivity contribution in [3.63, 3.8) is 0 Å². The van der Waals surface area contributed by atoms with E-state index in [2.05, 4.69) is 9.97 Å². The second-order valence-corrected chi connectivity index (χ2v) is 5.38. The third kappa shape index (κ3) is 3.39. The number of aliphatic hydroxyl groups is 1. The molecule has 4 heteroatoms. The quantitative estimate of drug-likeness (QED) is 0.762. The molecule has 1 atom stereocenters. The van der Waals surface area contributed by atoms with Gasteiger partial charge in [-0.15, -0.1) is 0 Å². The Morgan fingerprint density at radius 3 is 2.75 bits per heavy atom. The molecule has 1 heterocycles. The molecule has 1 unspecified atom stereocenters. The molecule has 20 heavy (non-hydrogen) atoms. The second kappa shape index (κ2) is 6.09. The van der Waals surface area contributed by atoms with Crippen molar-refractivity contribution in [1.29, 1.82) is 0 Å². The molecular weight excluding hydrogens is 252 g/mol. The third-order valence-electron chi connectivity index (χ3n) is 3.70. The molecule has 0 radical (unpaired) electrons. The van der Waals surface area contributed by atoms with Gasteiger partial charge in [-0.3, -0.25) is 0 Å². The number of aromatic amines is 1. The molecular formula is C16H20N2O2. The fraction of sp³-hybridized carbons (Fsp3) is 0.438. The van der Waals surface area contributed by atoms with Crippen molar-refractivity contribution in [2.24, 2.45) is 5.92 Å². The minimum atomic E-state index is -0.301. The Bertz CT molecular complexity index is 518. The minimum Gasteiger partial charge on any atom is -0.494 e. The summed E-state index contributed by atoms with van der Waals surface area (Å²) in [5.41, 5.74) is 2.13. The van der Waals surface area contributed by atoms with Crippen molar-refractivity contribution in [1.82, 2.24) is 9.97 Å². The highest BCUT2D eigenvalue weighted by Crippen LogP contribution is 2.41. The smallest absolute Gasteiger partial charge is 0.119 e. The van der Waals surface area contributed by atoms with Gasteiger partial charge >= 0.3 is 0 Å². The van der Waals surface area contributed by atoms with Crippen LogP contribution in [0.5, 0.6) is 5.75 Å². The molecule has 0 saturated heterocycles. The van der Waals surface area contributed by atoms with E-state index >= 15 is 0 Å². The van der Waals surface area contributed by atoms with Crippen molar-refractivity contribution < 1.29 is 9.84 Å². The first kappa shape index (κ1) is 13.2. The Morgan fingerprint density at radius 2 is 2.10 bits per heavy atom. The lowest BCUT2D eigenvalue weighted by atomic mass is 10.1. The summed E-state index contributed by atoms with van der Waals surface area (Å²) >= 11 is 0. The van der Waals surface area contributed by atoms with Gasteiger partial charge in [0.15, 0.2) is 0 Å². The van der Waals surface area contributed by atoms with Crippen LogP contribution >= 0.6 is 0 Å². The standard InChI is InChI=1S/C16H20N2O2/c19-16(12-3-4-12)13-5-7-15(8-6-13)20-9-1-2-14-10-17-11-18-14/h5-8,10-12,16,19H,1-4,9H2,(H,17,18). The maximum atomic E-state index is 10.0. The van der Waals surface area contributed by atoms with Crippen LogP contribution in [0.3, 0.4) is 0 Å². The van der Waals surface area contributed by atoms with Crippen LogP contribution in [0, 0.1) is 5.92 Å². The van der Waals surface area contributed by atoms with Gasteiger partial charge in [-0.1, -0.05) is 12.1 Å². The first-order valence-electron chi connectivity index (χ1n) is 7.21. The molecule has 106 valence electrons. The number of ether oxygens (including phenoxy) is 1. The molecule has 1 aromatic carbocycles. The molecule has 3 rings (SSSR count). The van der Waals surface area contributed by atoms with Crippen molar-refractivity contribution in [2.75, 3.05) is 6.61 Å². The third-order valence-corrected chi connectivity index (χ3v) is 3.70. The molecule has 0 spiro atoms. The molecule has 1 aliphatic rings. The number of hydrogen-bond donors (Lipinski definition) is 2. The van der Waals surface area contributed by atoms with Gasteiger partial charge in [-0.25, -0.2) is 4.98 Å². The highest BCUT2D eigenvalue weighted by atomic mass is 16.5. The van der Waals surface area contributed by atoms with Gasteiger partial charge in [-0.05, 0) is 49.3 Å². The van der Waals surface area contributed by atoms with Crippen LogP contribution in [0.4, 0.5) is 0 Å². The summed E-state index contributed by atoms with van der Waals surface area (Å²) in [7, 11) is 0. The van der Waals surface area contributed by atoms with Crippen molar-refractivity contribution in [3.8, 4) is 5.75 Å². The van der Waals surface area contributed by atoms with Crippen molar-refractivity contribution in [3.05, 3.63) is 48.0 Å². The molecule has 2 aromatic rings. The van der Waals surface area contributed by atoms with Gasteiger partial charge < -0.3 is 14.8 Å². The van der Waals surface area contributed by atoms with E-state index in [1.54, 1.807) is 6.33 Å². The van der Waals surface area contributed by atoms with Crippen LogP contribution < -0.4 is 4.74 Å². The van der Waals surface area contributed by atoms with Crippen LogP contribution in [0.1, 0.15) is 36.6 Å². The maximum Gasteiger partial charge on any atom is 0.119 e. The van der Waals surface area contributed by atoms with E-state index in [1.165, 1.54) is 0 Å². The van der Waals surface area contributed by atoms with Gasteiger partial charge in [0.05, 0.1) is 19.0 Å². The number of aromatic nitrogens is 2. The summed E-state index contributed by atoms with van der Waals surface area (Å²) in [4.78, 5) is 7.06. The van der Waals surface area contributed by atoms with Gasteiger partial charge in [0, 0.05) is 11.9 Å². The number of hydrogen-bond acceptors (Lipinski definition) is 3. The summed E-state index contributed by atoms with van der Waals surface area (Å²) in [6, 6.07) is 7.81. The van der Waals surface area contributed by atoms with E-state index in [-0.39, 0.29) is 6.10 Å². The number of H-pyrrole nitrogens is 1. The van der Waals surface area contributed by atoms with E-state index in [1.807, 2.05) is 30.5 Å². The van der Waals surface area contributed by atoms with E-state index in [0.29, 0.717) is 12.5 Å². The van der Waals surface area contributed by atoms with E-state index in [4.69, 9.17) is 4.74 Å². The predicted octanol–water partition coefficient (Wildman–Crippen LogP) is 2.86. The lowest BCUT2D eigenvalue weighted by Crippen LogP contribution is -2.01. The highest BCUT2D eigenvalue weighted by molar-refractivity contribution is 5.29. The number of imidazole rings is 1. The summed E-state index contributed by atoms with van der Waals surface area (Å²) in [5.74, 6) is 1.33. The fourth-order valence-electron chi connectivity index (χ4n) is 2.32. The molecule has 1 fully saturated rings.